The van der Waals surface area contributed by atoms with E-state index in [0.29, 0.717) is 41.3 Å². The van der Waals surface area contributed by atoms with E-state index < -0.39 is 20.0 Å². The Labute approximate surface area is 242 Å². The summed E-state index contributed by atoms with van der Waals surface area (Å²) in [5, 5.41) is 3.61. The van der Waals surface area contributed by atoms with Gasteiger partial charge in [0.05, 0.1) is 14.8 Å². The average molecular weight is 629 g/mol. The maximum absolute atomic E-state index is 13.0. The number of rotatable bonds is 10. The van der Waals surface area contributed by atoms with E-state index >= 15 is 0 Å². The van der Waals surface area contributed by atoms with Crippen molar-refractivity contribution in [2.75, 3.05) is 29.7 Å². The van der Waals surface area contributed by atoms with E-state index in [0.717, 1.165) is 37.0 Å². The Kier molecular flexibility index (Phi) is 8.60. The van der Waals surface area contributed by atoms with Gasteiger partial charge in [-0.3, -0.25) is 0 Å². The van der Waals surface area contributed by atoms with Crippen LogP contribution in [-0.2, 0) is 20.0 Å². The summed E-state index contributed by atoms with van der Waals surface area (Å²) < 4.78 is 55.7. The molecule has 2 aromatic carbocycles. The number of hydrogen-bond donors (Lipinski definition) is 2. The molecule has 1 aliphatic heterocycles. The van der Waals surface area contributed by atoms with Crippen molar-refractivity contribution in [2.24, 2.45) is 5.92 Å². The van der Waals surface area contributed by atoms with Gasteiger partial charge >= 0.3 is 0 Å². The monoisotopic (exact) mass is 627 g/mol. The third-order valence-electron chi connectivity index (χ3n) is 6.42. The summed E-state index contributed by atoms with van der Waals surface area (Å²) in [6.45, 7) is 1.80. The number of aromatic nitrogens is 2. The van der Waals surface area contributed by atoms with Crippen molar-refractivity contribution >= 4 is 66.8 Å². The normalized spacial score (nSPS) is 16.7. The number of anilines is 2. The molecule has 0 bridgehead atoms. The van der Waals surface area contributed by atoms with E-state index in [1.807, 2.05) is 0 Å². The third-order valence-corrected chi connectivity index (χ3v) is 11.4. The topological polar surface area (TPSA) is 121 Å². The molecular formula is C25H27Cl2N5O4S3. The molecule has 2 heterocycles. The molecule has 9 nitrogen and oxygen atoms in total. The van der Waals surface area contributed by atoms with Crippen LogP contribution in [0.15, 0.2) is 68.2 Å². The zero-order chi connectivity index (χ0) is 27.6. The van der Waals surface area contributed by atoms with Crippen LogP contribution < -0.4 is 10.0 Å². The first-order valence-electron chi connectivity index (χ1n) is 12.5. The molecule has 39 heavy (non-hydrogen) atoms. The van der Waals surface area contributed by atoms with Gasteiger partial charge in [0.15, 0.2) is 0 Å². The number of nitrogens with zero attached hydrogens (tertiary/aromatic N) is 3. The molecule has 0 radical (unpaired) electrons. The molecule has 0 amide bonds. The Hall–Kier alpha value is -2.09. The molecule has 14 heteroatoms. The van der Waals surface area contributed by atoms with E-state index in [1.165, 1.54) is 36.2 Å². The highest BCUT2D eigenvalue weighted by atomic mass is 35.5. The van der Waals surface area contributed by atoms with Crippen molar-refractivity contribution in [1.82, 2.24) is 14.3 Å². The van der Waals surface area contributed by atoms with E-state index in [2.05, 4.69) is 20.0 Å². The Morgan fingerprint density at radius 1 is 0.974 bits per heavy atom. The van der Waals surface area contributed by atoms with Crippen LogP contribution >= 0.6 is 35.0 Å². The van der Waals surface area contributed by atoms with Crippen molar-refractivity contribution < 1.29 is 16.8 Å². The van der Waals surface area contributed by atoms with Crippen molar-refractivity contribution in [2.45, 2.75) is 51.7 Å². The van der Waals surface area contributed by atoms with Crippen molar-refractivity contribution in [3.63, 3.8) is 0 Å². The van der Waals surface area contributed by atoms with Gasteiger partial charge in [-0.25, -0.2) is 26.5 Å². The summed E-state index contributed by atoms with van der Waals surface area (Å²) in [5.74, 6) is 0.920. The zero-order valence-electron chi connectivity index (χ0n) is 20.8. The fourth-order valence-electron chi connectivity index (χ4n) is 4.11. The first-order valence-corrected chi connectivity index (χ1v) is 17.0. The Balaban J connectivity index is 1.35. The summed E-state index contributed by atoms with van der Waals surface area (Å²) in [6.07, 6.45) is 6.60. The maximum atomic E-state index is 13.0. The third kappa shape index (κ3) is 6.98. The number of sulfonamides is 2. The fourth-order valence-corrected chi connectivity index (χ4v) is 8.20. The van der Waals surface area contributed by atoms with Gasteiger partial charge in [0.1, 0.15) is 10.7 Å². The van der Waals surface area contributed by atoms with E-state index in [1.54, 1.807) is 28.6 Å². The molecule has 2 fully saturated rings. The summed E-state index contributed by atoms with van der Waals surface area (Å²) in [5.41, 5.74) is 0. The first-order chi connectivity index (χ1) is 18.6. The van der Waals surface area contributed by atoms with Crippen LogP contribution in [0.5, 0.6) is 0 Å². The highest BCUT2D eigenvalue weighted by molar-refractivity contribution is 7.99. The lowest BCUT2D eigenvalue weighted by Gasteiger charge is -2.25. The predicted octanol–water partition coefficient (Wildman–Crippen LogP) is 5.73. The molecule has 2 N–H and O–H groups in total. The van der Waals surface area contributed by atoms with Crippen molar-refractivity contribution in [3.05, 3.63) is 58.7 Å². The lowest BCUT2D eigenvalue weighted by molar-refractivity contribution is 0.346. The SMILES string of the molecule is O=S(=O)(Nc1ncc(Sc2ccc(S(=O)(=O)N3CCCCC3)cc2)c(NCC2CC2)n1)c1ccc(Cl)cc1Cl. The summed E-state index contributed by atoms with van der Waals surface area (Å²) in [6, 6.07) is 10.8. The standard InChI is InChI=1S/C25H27Cl2N5O4S3/c26-18-6-11-23(21(27)14-18)38(33,34)31-25-29-16-22(24(30-25)28-15-17-4-5-17)37-19-7-9-20(10-8-19)39(35,36)32-12-2-1-3-13-32/h6-11,14,16-17H,1-5,12-13,15H2,(H2,28,29,30,31). The van der Waals surface area contributed by atoms with Gasteiger partial charge in [0.25, 0.3) is 10.0 Å². The Bertz CT molecular complexity index is 1560. The molecule has 3 aromatic rings. The van der Waals surface area contributed by atoms with Gasteiger partial charge in [-0.1, -0.05) is 41.4 Å². The summed E-state index contributed by atoms with van der Waals surface area (Å²) >= 11 is 13.4. The van der Waals surface area contributed by atoms with E-state index in [-0.39, 0.29) is 20.8 Å². The van der Waals surface area contributed by atoms with Crippen LogP contribution in [0.4, 0.5) is 11.8 Å². The molecule has 0 spiro atoms. The maximum Gasteiger partial charge on any atom is 0.265 e. The number of piperidine rings is 1. The molecule has 1 aliphatic carbocycles. The zero-order valence-corrected chi connectivity index (χ0v) is 24.8. The smallest absolute Gasteiger partial charge is 0.265 e. The van der Waals surface area contributed by atoms with Crippen LogP contribution in [-0.4, -0.2) is 50.7 Å². The van der Waals surface area contributed by atoms with E-state index in [9.17, 15) is 16.8 Å². The van der Waals surface area contributed by atoms with Crippen LogP contribution in [0.2, 0.25) is 10.0 Å². The van der Waals surface area contributed by atoms with Crippen LogP contribution in [0.3, 0.4) is 0 Å². The quantitative estimate of drug-likeness (QED) is 0.292. The minimum absolute atomic E-state index is 0.0139. The molecule has 0 atom stereocenters. The van der Waals surface area contributed by atoms with Gasteiger partial charge in [-0.05, 0) is 74.1 Å². The molecule has 1 saturated heterocycles. The highest BCUT2D eigenvalue weighted by Gasteiger charge is 2.26. The second-order valence-corrected chi connectivity index (χ2v) is 15.0. The second-order valence-electron chi connectivity index (χ2n) is 9.45. The first kappa shape index (κ1) is 28.4. The highest BCUT2D eigenvalue weighted by Crippen LogP contribution is 2.36. The second kappa shape index (κ2) is 11.8. The van der Waals surface area contributed by atoms with Crippen LogP contribution in [0, 0.1) is 5.92 Å². The lowest BCUT2D eigenvalue weighted by atomic mass is 10.2. The van der Waals surface area contributed by atoms with Crippen molar-refractivity contribution in [1.29, 1.82) is 0 Å². The number of halogens is 2. The van der Waals surface area contributed by atoms with Gasteiger partial charge < -0.3 is 5.32 Å². The van der Waals surface area contributed by atoms with Gasteiger partial charge in [-0.15, -0.1) is 0 Å². The molecule has 1 aromatic heterocycles. The molecule has 5 rings (SSSR count). The molecule has 2 aliphatic rings. The Morgan fingerprint density at radius 3 is 2.36 bits per heavy atom. The van der Waals surface area contributed by atoms with Crippen molar-refractivity contribution in [3.8, 4) is 0 Å². The fraction of sp³-hybridized carbons (Fsp3) is 0.360. The lowest BCUT2D eigenvalue weighted by Crippen LogP contribution is -2.35. The number of nitrogens with one attached hydrogen (secondary N) is 2. The Morgan fingerprint density at radius 2 is 1.69 bits per heavy atom. The number of hydrogen-bond acceptors (Lipinski definition) is 8. The van der Waals surface area contributed by atoms with Crippen LogP contribution in [0.25, 0.3) is 0 Å². The summed E-state index contributed by atoms with van der Waals surface area (Å²) in [4.78, 5) is 10.3. The minimum atomic E-state index is -4.06. The van der Waals surface area contributed by atoms with E-state index in [4.69, 9.17) is 23.2 Å². The predicted molar refractivity (Wildman–Crippen MR) is 154 cm³/mol. The van der Waals surface area contributed by atoms with Gasteiger partial charge in [0, 0.05) is 35.7 Å². The average Bonchev–Trinajstić information content (AvgIpc) is 3.74. The number of benzene rings is 2. The molecule has 0 unspecified atom stereocenters. The minimum Gasteiger partial charge on any atom is -0.369 e. The van der Waals surface area contributed by atoms with Gasteiger partial charge in [-0.2, -0.15) is 9.29 Å². The summed E-state index contributed by atoms with van der Waals surface area (Å²) in [7, 11) is -7.57. The molecule has 1 saturated carbocycles. The molecule has 208 valence electrons. The van der Waals surface area contributed by atoms with Crippen LogP contribution in [0.1, 0.15) is 32.1 Å². The molecular weight excluding hydrogens is 601 g/mol. The van der Waals surface area contributed by atoms with Gasteiger partial charge in [0.2, 0.25) is 16.0 Å². The largest absolute Gasteiger partial charge is 0.369 e.